The highest BCUT2D eigenvalue weighted by Gasteiger charge is 2.57. The molecule has 0 bridgehead atoms. The van der Waals surface area contributed by atoms with Crippen molar-refractivity contribution in [3.05, 3.63) is 65.7 Å². The lowest BCUT2D eigenvalue weighted by atomic mass is 9.86. The molecule has 8 heteroatoms. The van der Waals surface area contributed by atoms with Gasteiger partial charge in [-0.25, -0.2) is 0 Å². The molecule has 2 aromatic carbocycles. The Bertz CT molecular complexity index is 1020. The minimum atomic E-state index is -4.89. The van der Waals surface area contributed by atoms with Gasteiger partial charge in [0.25, 0.3) is 0 Å². The van der Waals surface area contributed by atoms with Gasteiger partial charge in [-0.15, -0.1) is 0 Å². The Labute approximate surface area is 203 Å². The van der Waals surface area contributed by atoms with E-state index in [0.717, 1.165) is 48.7 Å². The van der Waals surface area contributed by atoms with Crippen molar-refractivity contribution in [3.63, 3.8) is 0 Å². The summed E-state index contributed by atoms with van der Waals surface area (Å²) in [6.07, 6.45) is -2.36. The third kappa shape index (κ3) is 5.19. The maximum Gasteiger partial charge on any atom is 0.471 e. The number of halogens is 3. The first-order valence-corrected chi connectivity index (χ1v) is 12.2. The number of rotatable bonds is 6. The fourth-order valence-corrected chi connectivity index (χ4v) is 5.74. The molecule has 35 heavy (non-hydrogen) atoms. The second-order valence-corrected chi connectivity index (χ2v) is 10.0. The van der Waals surface area contributed by atoms with E-state index in [4.69, 9.17) is 9.47 Å². The van der Waals surface area contributed by atoms with E-state index in [-0.39, 0.29) is 12.5 Å². The molecule has 0 aromatic heterocycles. The highest BCUT2D eigenvalue weighted by Crippen LogP contribution is 2.49. The number of benzene rings is 2. The van der Waals surface area contributed by atoms with Crippen LogP contribution < -0.4 is 4.74 Å². The van der Waals surface area contributed by atoms with Crippen LogP contribution in [0, 0.1) is 0 Å². The molecule has 1 saturated carbocycles. The Hall–Kier alpha value is -2.58. The SMILES string of the molecule is COc1ccc(CN2CCC3(CC2)CC(N(C(=O)C(F)(F)F)[C@@H]2C[C@H]2c2ccccc2)CO3)cc1. The number of carbonyl (C=O) groups is 1. The molecule has 1 unspecified atom stereocenters. The van der Waals surface area contributed by atoms with Crippen molar-refractivity contribution in [2.75, 3.05) is 26.8 Å². The van der Waals surface area contributed by atoms with Gasteiger partial charge in [-0.1, -0.05) is 42.5 Å². The van der Waals surface area contributed by atoms with Gasteiger partial charge in [0.1, 0.15) is 5.75 Å². The van der Waals surface area contributed by atoms with Gasteiger partial charge < -0.3 is 14.4 Å². The molecule has 188 valence electrons. The normalized spacial score (nSPS) is 26.0. The van der Waals surface area contributed by atoms with Gasteiger partial charge in [0, 0.05) is 31.6 Å². The minimum Gasteiger partial charge on any atom is -0.497 e. The predicted molar refractivity (Wildman–Crippen MR) is 125 cm³/mol. The highest BCUT2D eigenvalue weighted by atomic mass is 19.4. The first kappa shape index (κ1) is 24.1. The van der Waals surface area contributed by atoms with Crippen molar-refractivity contribution < 1.29 is 27.4 Å². The smallest absolute Gasteiger partial charge is 0.471 e. The Morgan fingerprint density at radius 1 is 1.11 bits per heavy atom. The number of hydrogen-bond acceptors (Lipinski definition) is 4. The number of hydrogen-bond donors (Lipinski definition) is 0. The summed E-state index contributed by atoms with van der Waals surface area (Å²) in [5, 5.41) is 0. The van der Waals surface area contributed by atoms with Gasteiger partial charge in [-0.2, -0.15) is 13.2 Å². The molecule has 2 aliphatic heterocycles. The number of alkyl halides is 3. The lowest BCUT2D eigenvalue weighted by Gasteiger charge is -2.39. The van der Waals surface area contributed by atoms with E-state index in [0.29, 0.717) is 12.8 Å². The number of amides is 1. The summed E-state index contributed by atoms with van der Waals surface area (Å²) in [4.78, 5) is 16.0. The number of piperidine rings is 1. The number of carbonyl (C=O) groups excluding carboxylic acids is 1. The highest BCUT2D eigenvalue weighted by molar-refractivity contribution is 5.83. The molecule has 3 fully saturated rings. The van der Waals surface area contributed by atoms with Crippen LogP contribution in [0.4, 0.5) is 13.2 Å². The van der Waals surface area contributed by atoms with Crippen LogP contribution in [0.15, 0.2) is 54.6 Å². The van der Waals surface area contributed by atoms with Crippen LogP contribution in [0.1, 0.15) is 42.7 Å². The molecule has 5 rings (SSSR count). The zero-order valence-electron chi connectivity index (χ0n) is 19.8. The molecule has 1 spiro atoms. The van der Waals surface area contributed by atoms with Gasteiger partial charge in [0.2, 0.25) is 0 Å². The van der Waals surface area contributed by atoms with Crippen molar-refractivity contribution in [1.82, 2.24) is 9.80 Å². The summed E-state index contributed by atoms with van der Waals surface area (Å²) in [6, 6.07) is 16.5. The number of likely N-dealkylation sites (tertiary alicyclic amines) is 1. The van der Waals surface area contributed by atoms with Crippen LogP contribution in [0.3, 0.4) is 0 Å². The summed E-state index contributed by atoms with van der Waals surface area (Å²) in [7, 11) is 1.64. The molecule has 3 atom stereocenters. The molecule has 0 N–H and O–H groups in total. The van der Waals surface area contributed by atoms with E-state index in [9.17, 15) is 18.0 Å². The number of ether oxygens (including phenoxy) is 2. The standard InChI is InChI=1S/C27H31F3N2O3/c1-34-22-9-7-19(8-10-22)17-31-13-11-26(12-14-31)16-21(18-35-26)32(25(33)27(28,29)30)24-15-23(24)20-5-3-2-4-6-20/h2-10,21,23-24H,11-18H2,1H3/t21?,23-,24+/m0/s1. The Morgan fingerprint density at radius 3 is 2.43 bits per heavy atom. The Kier molecular flexibility index (Phi) is 6.53. The average Bonchev–Trinajstić information content (AvgIpc) is 3.54. The number of nitrogens with zero attached hydrogens (tertiary/aromatic N) is 2. The zero-order chi connectivity index (χ0) is 24.6. The van der Waals surface area contributed by atoms with E-state index in [1.807, 2.05) is 54.6 Å². The van der Waals surface area contributed by atoms with E-state index >= 15 is 0 Å². The van der Waals surface area contributed by atoms with Gasteiger partial charge in [0.05, 0.1) is 25.4 Å². The van der Waals surface area contributed by atoms with Crippen LogP contribution in [0.5, 0.6) is 5.75 Å². The molecule has 1 amide bonds. The van der Waals surface area contributed by atoms with Crippen LogP contribution in [-0.2, 0) is 16.1 Å². The lowest BCUT2D eigenvalue weighted by molar-refractivity contribution is -0.188. The maximum absolute atomic E-state index is 13.6. The van der Waals surface area contributed by atoms with E-state index < -0.39 is 29.8 Å². The monoisotopic (exact) mass is 488 g/mol. The molecule has 3 aliphatic rings. The number of methoxy groups -OCH3 is 1. The molecule has 2 heterocycles. The molecule has 2 saturated heterocycles. The minimum absolute atomic E-state index is 0.0506. The molecular formula is C27H31F3N2O3. The molecule has 1 aliphatic carbocycles. The fourth-order valence-electron chi connectivity index (χ4n) is 5.74. The first-order chi connectivity index (χ1) is 16.8. The Balaban J connectivity index is 1.23. The summed E-state index contributed by atoms with van der Waals surface area (Å²) in [5.41, 5.74) is 1.72. The van der Waals surface area contributed by atoms with Gasteiger partial charge in [-0.05, 0) is 48.9 Å². The third-order valence-electron chi connectivity index (χ3n) is 7.73. The van der Waals surface area contributed by atoms with Gasteiger partial charge in [0.15, 0.2) is 0 Å². The van der Waals surface area contributed by atoms with Gasteiger partial charge >= 0.3 is 12.1 Å². The summed E-state index contributed by atoms with van der Waals surface area (Å²) in [6.45, 7) is 2.59. The summed E-state index contributed by atoms with van der Waals surface area (Å²) < 4.78 is 52.1. The molecule has 5 nitrogen and oxygen atoms in total. The fraction of sp³-hybridized carbons (Fsp3) is 0.519. The van der Waals surface area contributed by atoms with Crippen LogP contribution in [-0.4, -0.2) is 66.4 Å². The lowest BCUT2D eigenvalue weighted by Crippen LogP contribution is -2.50. The quantitative estimate of drug-likeness (QED) is 0.588. The van der Waals surface area contributed by atoms with E-state index in [1.54, 1.807) is 7.11 Å². The predicted octanol–water partition coefficient (Wildman–Crippen LogP) is 4.77. The van der Waals surface area contributed by atoms with Crippen molar-refractivity contribution in [3.8, 4) is 5.75 Å². The van der Waals surface area contributed by atoms with Crippen molar-refractivity contribution in [2.45, 2.75) is 62.0 Å². The summed E-state index contributed by atoms with van der Waals surface area (Å²) in [5.74, 6) is -0.964. The largest absolute Gasteiger partial charge is 0.497 e. The molecule has 2 aromatic rings. The van der Waals surface area contributed by atoms with Crippen LogP contribution in [0.25, 0.3) is 0 Å². The average molecular weight is 489 g/mol. The van der Waals surface area contributed by atoms with E-state index in [2.05, 4.69) is 4.90 Å². The maximum atomic E-state index is 13.6. The van der Waals surface area contributed by atoms with Crippen LogP contribution in [0.2, 0.25) is 0 Å². The Morgan fingerprint density at radius 2 is 1.80 bits per heavy atom. The van der Waals surface area contributed by atoms with Crippen molar-refractivity contribution in [2.24, 2.45) is 0 Å². The summed E-state index contributed by atoms with van der Waals surface area (Å²) >= 11 is 0. The first-order valence-electron chi connectivity index (χ1n) is 12.2. The third-order valence-corrected chi connectivity index (χ3v) is 7.73. The zero-order valence-corrected chi connectivity index (χ0v) is 19.8. The molecular weight excluding hydrogens is 457 g/mol. The van der Waals surface area contributed by atoms with Crippen LogP contribution >= 0.6 is 0 Å². The van der Waals surface area contributed by atoms with Gasteiger partial charge in [-0.3, -0.25) is 9.69 Å². The molecule has 0 radical (unpaired) electrons. The van der Waals surface area contributed by atoms with Crippen molar-refractivity contribution in [1.29, 1.82) is 0 Å². The second kappa shape index (κ2) is 9.47. The van der Waals surface area contributed by atoms with E-state index in [1.165, 1.54) is 5.56 Å². The topological polar surface area (TPSA) is 42.0 Å². The second-order valence-electron chi connectivity index (χ2n) is 10.0. The van der Waals surface area contributed by atoms with Crippen molar-refractivity contribution >= 4 is 5.91 Å².